The molecule has 4 atom stereocenters. The first-order valence-electron chi connectivity index (χ1n) is 12.0. The fourth-order valence-electron chi connectivity index (χ4n) is 3.87. The zero-order chi connectivity index (χ0) is 25.4. The molecule has 2 bridgehead atoms. The van der Waals surface area contributed by atoms with E-state index in [2.05, 4.69) is 21.3 Å². The van der Waals surface area contributed by atoms with Gasteiger partial charge in [-0.25, -0.2) is 0 Å². The summed E-state index contributed by atoms with van der Waals surface area (Å²) in [7, 11) is 1.73. The Morgan fingerprint density at radius 1 is 1.00 bits per heavy atom. The van der Waals surface area contributed by atoms with Crippen LogP contribution in [0.15, 0.2) is 30.5 Å². The maximum absolute atomic E-state index is 13.6. The van der Waals surface area contributed by atoms with Gasteiger partial charge in [-0.2, -0.15) is 0 Å². The average molecular weight is 473 g/mol. The lowest BCUT2D eigenvalue weighted by atomic mass is 9.95. The number of carbonyl (C=O) groups excluding carboxylic acids is 3. The lowest BCUT2D eigenvalue weighted by Crippen LogP contribution is -2.62. The molecule has 0 radical (unpaired) electrons. The number of rotatable bonds is 7. The summed E-state index contributed by atoms with van der Waals surface area (Å²) in [5.41, 5.74) is 0.895. The highest BCUT2D eigenvalue weighted by molar-refractivity contribution is 5.94. The number of likely N-dealkylation sites (N-methyl/N-ethyl adjacent to an activating group) is 1. The molecule has 0 saturated heterocycles. The molecule has 188 valence electrons. The number of fused-ring (bicyclic) bond motifs is 10. The molecule has 0 spiro atoms. The zero-order valence-electron chi connectivity index (χ0n) is 21.3. The van der Waals surface area contributed by atoms with Crippen LogP contribution in [0.3, 0.4) is 0 Å². The van der Waals surface area contributed by atoms with Crippen LogP contribution < -0.4 is 26.0 Å². The third-order valence-electron chi connectivity index (χ3n) is 5.84. The summed E-state index contributed by atoms with van der Waals surface area (Å²) in [4.78, 5) is 39.6. The van der Waals surface area contributed by atoms with Crippen LogP contribution in [0.4, 0.5) is 0 Å². The molecule has 3 rings (SSSR count). The molecule has 0 aromatic heterocycles. The minimum atomic E-state index is -0.997. The number of hydrogen-bond donors (Lipinski definition) is 4. The van der Waals surface area contributed by atoms with Gasteiger partial charge in [0.25, 0.3) is 0 Å². The summed E-state index contributed by atoms with van der Waals surface area (Å²) in [5, 5.41) is 11.6. The van der Waals surface area contributed by atoms with Crippen LogP contribution in [0.5, 0.6) is 5.75 Å². The Hall–Kier alpha value is -2.87. The Bertz CT molecular complexity index is 864. The second-order valence-corrected chi connectivity index (χ2v) is 9.92. The van der Waals surface area contributed by atoms with Crippen LogP contribution >= 0.6 is 0 Å². The SMILES string of the molecule is CNC(CC(C)C)C(=O)NC1C(=O)NC(C(C)C)C(=O)NC=Cc2ccc(cc2)OC1C(C)C. The van der Waals surface area contributed by atoms with E-state index >= 15 is 0 Å². The van der Waals surface area contributed by atoms with Gasteiger partial charge in [0.05, 0.1) is 6.04 Å². The number of nitrogens with one attached hydrogen (secondary N) is 4. The van der Waals surface area contributed by atoms with Gasteiger partial charge >= 0.3 is 0 Å². The second kappa shape index (κ2) is 12.6. The standard InChI is InChI=1S/C26H40N4O4/c1-15(2)14-20(27-7)24(31)30-22-23(17(5)6)34-19-10-8-18(9-11-19)12-13-28-25(32)21(16(3)4)29-26(22)33/h8-13,15-17,20-23,27H,14H2,1-7H3,(H,28,32)(H,29,33)(H,30,31). The minimum Gasteiger partial charge on any atom is -0.487 e. The van der Waals surface area contributed by atoms with Crippen molar-refractivity contribution in [2.45, 2.75) is 72.2 Å². The molecule has 4 N–H and O–H groups in total. The molecular formula is C26H40N4O4. The summed E-state index contributed by atoms with van der Waals surface area (Å²) in [6.45, 7) is 11.7. The summed E-state index contributed by atoms with van der Waals surface area (Å²) in [6, 6.07) is 5.13. The van der Waals surface area contributed by atoms with Crippen LogP contribution in [0.1, 0.15) is 53.5 Å². The van der Waals surface area contributed by atoms with Crippen LogP contribution in [0.2, 0.25) is 0 Å². The van der Waals surface area contributed by atoms with Gasteiger partial charge in [0.15, 0.2) is 0 Å². The number of hydrogen-bond acceptors (Lipinski definition) is 5. The number of carbonyl (C=O) groups is 3. The van der Waals surface area contributed by atoms with Crippen molar-refractivity contribution in [2.75, 3.05) is 7.05 Å². The van der Waals surface area contributed by atoms with Crippen molar-refractivity contribution in [3.8, 4) is 5.75 Å². The van der Waals surface area contributed by atoms with Crippen LogP contribution in [-0.4, -0.2) is 49.0 Å². The first kappa shape index (κ1) is 27.4. The number of amides is 3. The quantitative estimate of drug-likeness (QED) is 0.488. The van der Waals surface area contributed by atoms with E-state index in [-0.39, 0.29) is 23.7 Å². The second-order valence-electron chi connectivity index (χ2n) is 9.92. The van der Waals surface area contributed by atoms with Gasteiger partial charge in [0.2, 0.25) is 17.7 Å². The third kappa shape index (κ3) is 7.58. The molecule has 4 unspecified atom stereocenters. The monoisotopic (exact) mass is 472 g/mol. The van der Waals surface area contributed by atoms with E-state index in [1.807, 2.05) is 65.8 Å². The molecule has 8 nitrogen and oxygen atoms in total. The fourth-order valence-corrected chi connectivity index (χ4v) is 3.87. The molecule has 1 aromatic rings. The molecule has 0 fully saturated rings. The molecular weight excluding hydrogens is 432 g/mol. The van der Waals surface area contributed by atoms with E-state index in [1.165, 1.54) is 0 Å². The molecule has 0 aliphatic carbocycles. The van der Waals surface area contributed by atoms with E-state index in [4.69, 9.17) is 4.74 Å². The zero-order valence-corrected chi connectivity index (χ0v) is 21.3. The van der Waals surface area contributed by atoms with Gasteiger partial charge in [-0.15, -0.1) is 0 Å². The molecule has 8 heteroatoms. The molecule has 3 amide bonds. The molecule has 34 heavy (non-hydrogen) atoms. The summed E-state index contributed by atoms with van der Waals surface area (Å²) in [6.07, 6.45) is 3.31. The van der Waals surface area contributed by atoms with Crippen molar-refractivity contribution in [1.29, 1.82) is 0 Å². The van der Waals surface area contributed by atoms with E-state index in [0.717, 1.165) is 5.56 Å². The fraction of sp³-hybridized carbons (Fsp3) is 0.577. The van der Waals surface area contributed by atoms with Gasteiger partial charge in [0.1, 0.15) is 23.9 Å². The van der Waals surface area contributed by atoms with E-state index in [1.54, 1.807) is 19.3 Å². The smallest absolute Gasteiger partial charge is 0.247 e. The first-order valence-corrected chi connectivity index (χ1v) is 12.0. The number of benzene rings is 1. The lowest BCUT2D eigenvalue weighted by Gasteiger charge is -2.33. The summed E-state index contributed by atoms with van der Waals surface area (Å²) < 4.78 is 6.25. The Morgan fingerprint density at radius 3 is 2.18 bits per heavy atom. The van der Waals surface area contributed by atoms with Crippen LogP contribution in [0.25, 0.3) is 6.08 Å². The van der Waals surface area contributed by atoms with E-state index in [9.17, 15) is 14.4 Å². The molecule has 1 aromatic carbocycles. The van der Waals surface area contributed by atoms with Gasteiger partial charge in [0, 0.05) is 6.20 Å². The molecule has 2 aliphatic heterocycles. The normalized spacial score (nSPS) is 22.2. The van der Waals surface area contributed by atoms with Gasteiger partial charge in [-0.3, -0.25) is 14.4 Å². The maximum Gasteiger partial charge on any atom is 0.247 e. The Morgan fingerprint density at radius 2 is 1.65 bits per heavy atom. The van der Waals surface area contributed by atoms with Crippen LogP contribution in [-0.2, 0) is 14.4 Å². The molecule has 2 aliphatic rings. The van der Waals surface area contributed by atoms with Crippen LogP contribution in [0, 0.1) is 17.8 Å². The topological polar surface area (TPSA) is 109 Å². The largest absolute Gasteiger partial charge is 0.487 e. The van der Waals surface area contributed by atoms with E-state index in [0.29, 0.717) is 18.1 Å². The predicted octanol–water partition coefficient (Wildman–Crippen LogP) is 2.45. The van der Waals surface area contributed by atoms with Crippen molar-refractivity contribution in [2.24, 2.45) is 17.8 Å². The average Bonchev–Trinajstić information content (AvgIpc) is 2.77. The van der Waals surface area contributed by atoms with Gasteiger partial charge in [-0.05, 0) is 55.0 Å². The van der Waals surface area contributed by atoms with Crippen molar-refractivity contribution in [3.05, 3.63) is 36.0 Å². The highest BCUT2D eigenvalue weighted by atomic mass is 16.5. The van der Waals surface area contributed by atoms with Crippen molar-refractivity contribution in [1.82, 2.24) is 21.3 Å². The maximum atomic E-state index is 13.6. The summed E-state index contributed by atoms with van der Waals surface area (Å²) >= 11 is 0. The molecule has 0 saturated carbocycles. The van der Waals surface area contributed by atoms with Crippen molar-refractivity contribution < 1.29 is 19.1 Å². The van der Waals surface area contributed by atoms with E-state index < -0.39 is 30.1 Å². The van der Waals surface area contributed by atoms with Gasteiger partial charge in [-0.1, -0.05) is 53.7 Å². The Balaban J connectivity index is 2.48. The van der Waals surface area contributed by atoms with Crippen molar-refractivity contribution in [3.63, 3.8) is 0 Å². The molecule has 2 heterocycles. The highest BCUT2D eigenvalue weighted by Gasteiger charge is 2.37. The third-order valence-corrected chi connectivity index (χ3v) is 5.84. The highest BCUT2D eigenvalue weighted by Crippen LogP contribution is 2.21. The first-order chi connectivity index (χ1) is 16.0. The Kier molecular flexibility index (Phi) is 10.1. The van der Waals surface area contributed by atoms with Crippen molar-refractivity contribution >= 4 is 23.8 Å². The summed E-state index contributed by atoms with van der Waals surface area (Å²) in [5.74, 6) is -0.449. The lowest BCUT2D eigenvalue weighted by molar-refractivity contribution is -0.135. The minimum absolute atomic E-state index is 0.104. The predicted molar refractivity (Wildman–Crippen MR) is 134 cm³/mol. The number of ether oxygens (including phenoxy) is 1. The Labute approximate surface area is 203 Å². The van der Waals surface area contributed by atoms with Gasteiger partial charge < -0.3 is 26.0 Å².